The zero-order chi connectivity index (χ0) is 10.6. The summed E-state index contributed by atoms with van der Waals surface area (Å²) >= 11 is 5.75. The van der Waals surface area contributed by atoms with Gasteiger partial charge in [0.05, 0.1) is 0 Å². The quantitative estimate of drug-likeness (QED) is 0.755. The monoisotopic (exact) mass is 214 g/mol. The molecule has 4 nitrogen and oxygen atoms in total. The van der Waals surface area contributed by atoms with Gasteiger partial charge in [-0.2, -0.15) is 0 Å². The second-order valence-electron chi connectivity index (χ2n) is 3.32. The summed E-state index contributed by atoms with van der Waals surface area (Å²) < 4.78 is 0. The van der Waals surface area contributed by atoms with Crippen LogP contribution in [0.25, 0.3) is 0 Å². The molecule has 3 N–H and O–H groups in total. The van der Waals surface area contributed by atoms with E-state index in [0.717, 1.165) is 13.0 Å². The third-order valence-corrected chi connectivity index (χ3v) is 2.45. The molecule has 0 fully saturated rings. The predicted octanol–water partition coefficient (Wildman–Crippen LogP) is 2.17. The number of hydrogen-bond donors (Lipinski definition) is 2. The van der Waals surface area contributed by atoms with Crippen molar-refractivity contribution in [2.45, 2.75) is 20.3 Å². The lowest BCUT2D eigenvalue weighted by Gasteiger charge is -2.12. The number of nitrogen functional groups attached to an aromatic ring is 1. The van der Waals surface area contributed by atoms with Crippen molar-refractivity contribution < 1.29 is 0 Å². The number of aromatic nitrogens is 2. The number of nitrogens with one attached hydrogen (secondary N) is 1. The Morgan fingerprint density at radius 1 is 1.57 bits per heavy atom. The highest BCUT2D eigenvalue weighted by Gasteiger charge is 2.06. The zero-order valence-electron chi connectivity index (χ0n) is 8.42. The van der Waals surface area contributed by atoms with Crippen molar-refractivity contribution in [3.63, 3.8) is 0 Å². The van der Waals surface area contributed by atoms with E-state index in [1.807, 2.05) is 0 Å². The summed E-state index contributed by atoms with van der Waals surface area (Å²) in [5, 5.41) is 3.44. The second-order valence-corrected chi connectivity index (χ2v) is 3.68. The zero-order valence-corrected chi connectivity index (χ0v) is 9.17. The molecule has 0 amide bonds. The van der Waals surface area contributed by atoms with Gasteiger partial charge in [-0.05, 0) is 5.92 Å². The predicted molar refractivity (Wildman–Crippen MR) is 59.4 cm³/mol. The van der Waals surface area contributed by atoms with Gasteiger partial charge in [0, 0.05) is 6.54 Å². The minimum Gasteiger partial charge on any atom is -0.393 e. The van der Waals surface area contributed by atoms with Crippen molar-refractivity contribution in [2.75, 3.05) is 17.6 Å². The molecule has 1 atom stereocenters. The molecule has 14 heavy (non-hydrogen) atoms. The Hall–Kier alpha value is -1.03. The van der Waals surface area contributed by atoms with Crippen molar-refractivity contribution in [2.24, 2.45) is 5.92 Å². The van der Waals surface area contributed by atoms with E-state index in [1.54, 1.807) is 0 Å². The lowest BCUT2D eigenvalue weighted by Crippen LogP contribution is -2.13. The third-order valence-electron chi connectivity index (χ3n) is 2.15. The molecular formula is C9H15ClN4. The molecule has 0 saturated heterocycles. The SMILES string of the molecule is CCC(C)CNc1ncnc(Cl)c1N. The van der Waals surface area contributed by atoms with Crippen LogP contribution in [0, 0.1) is 5.92 Å². The Bertz CT molecular complexity index is 303. The molecular weight excluding hydrogens is 200 g/mol. The summed E-state index contributed by atoms with van der Waals surface area (Å²) in [5.41, 5.74) is 6.11. The molecule has 1 aromatic rings. The van der Waals surface area contributed by atoms with E-state index in [1.165, 1.54) is 6.33 Å². The van der Waals surface area contributed by atoms with Crippen LogP contribution in [-0.4, -0.2) is 16.5 Å². The summed E-state index contributed by atoms with van der Waals surface area (Å²) in [5.74, 6) is 1.20. The molecule has 1 aromatic heterocycles. The fraction of sp³-hybridized carbons (Fsp3) is 0.556. The number of rotatable bonds is 4. The lowest BCUT2D eigenvalue weighted by atomic mass is 10.1. The van der Waals surface area contributed by atoms with Crippen LogP contribution >= 0.6 is 11.6 Å². The van der Waals surface area contributed by atoms with E-state index in [0.29, 0.717) is 22.6 Å². The Morgan fingerprint density at radius 3 is 2.93 bits per heavy atom. The molecule has 5 heteroatoms. The van der Waals surface area contributed by atoms with E-state index < -0.39 is 0 Å². The topological polar surface area (TPSA) is 63.8 Å². The van der Waals surface area contributed by atoms with Crippen molar-refractivity contribution in [1.82, 2.24) is 9.97 Å². The highest BCUT2D eigenvalue weighted by atomic mass is 35.5. The van der Waals surface area contributed by atoms with E-state index in [2.05, 4.69) is 29.1 Å². The van der Waals surface area contributed by atoms with Gasteiger partial charge in [-0.15, -0.1) is 0 Å². The smallest absolute Gasteiger partial charge is 0.157 e. The van der Waals surface area contributed by atoms with Gasteiger partial charge in [-0.3, -0.25) is 0 Å². The van der Waals surface area contributed by atoms with Gasteiger partial charge in [-0.25, -0.2) is 9.97 Å². The highest BCUT2D eigenvalue weighted by Crippen LogP contribution is 2.21. The molecule has 1 rings (SSSR count). The molecule has 0 aliphatic heterocycles. The summed E-state index contributed by atoms with van der Waals surface area (Å²) in [7, 11) is 0. The number of anilines is 2. The maximum atomic E-state index is 5.75. The summed E-state index contributed by atoms with van der Waals surface area (Å²) in [6, 6.07) is 0. The van der Waals surface area contributed by atoms with Crippen LogP contribution in [-0.2, 0) is 0 Å². The maximum Gasteiger partial charge on any atom is 0.157 e. The van der Waals surface area contributed by atoms with E-state index in [4.69, 9.17) is 17.3 Å². The molecule has 78 valence electrons. The molecule has 0 aliphatic carbocycles. The van der Waals surface area contributed by atoms with Gasteiger partial charge >= 0.3 is 0 Å². The van der Waals surface area contributed by atoms with Crippen molar-refractivity contribution >= 4 is 23.1 Å². The van der Waals surface area contributed by atoms with Gasteiger partial charge in [0.2, 0.25) is 0 Å². The molecule has 0 aliphatic rings. The maximum absolute atomic E-state index is 5.75. The Balaban J connectivity index is 2.63. The molecule has 0 saturated carbocycles. The Morgan fingerprint density at radius 2 is 2.29 bits per heavy atom. The normalized spacial score (nSPS) is 12.5. The number of halogens is 1. The number of hydrogen-bond acceptors (Lipinski definition) is 4. The first-order chi connectivity index (χ1) is 6.65. The molecule has 1 unspecified atom stereocenters. The minimum absolute atomic E-state index is 0.298. The van der Waals surface area contributed by atoms with Crippen molar-refractivity contribution in [1.29, 1.82) is 0 Å². The standard InChI is InChI=1S/C9H15ClN4/c1-3-6(2)4-12-9-7(11)8(10)13-5-14-9/h5-6H,3-4,11H2,1-2H3,(H,12,13,14). The van der Waals surface area contributed by atoms with Gasteiger partial charge in [0.15, 0.2) is 11.0 Å². The Labute approximate surface area is 88.9 Å². The fourth-order valence-electron chi connectivity index (χ4n) is 0.930. The van der Waals surface area contributed by atoms with Crippen LogP contribution in [0.2, 0.25) is 5.15 Å². The lowest BCUT2D eigenvalue weighted by molar-refractivity contribution is 0.592. The largest absolute Gasteiger partial charge is 0.393 e. The van der Waals surface area contributed by atoms with Gasteiger partial charge < -0.3 is 11.1 Å². The summed E-state index contributed by atoms with van der Waals surface area (Å²) in [4.78, 5) is 7.79. The third kappa shape index (κ3) is 2.73. The average Bonchev–Trinajstić information content (AvgIpc) is 2.20. The van der Waals surface area contributed by atoms with E-state index in [9.17, 15) is 0 Å². The molecule has 0 aromatic carbocycles. The average molecular weight is 215 g/mol. The van der Waals surface area contributed by atoms with Gasteiger partial charge in [0.25, 0.3) is 0 Å². The highest BCUT2D eigenvalue weighted by molar-refractivity contribution is 6.32. The van der Waals surface area contributed by atoms with Crippen LogP contribution < -0.4 is 11.1 Å². The molecule has 0 bridgehead atoms. The van der Waals surface area contributed by atoms with Crippen LogP contribution in [0.5, 0.6) is 0 Å². The first-order valence-electron chi connectivity index (χ1n) is 4.65. The van der Waals surface area contributed by atoms with Crippen LogP contribution in [0.15, 0.2) is 6.33 Å². The van der Waals surface area contributed by atoms with Crippen LogP contribution in [0.4, 0.5) is 11.5 Å². The van der Waals surface area contributed by atoms with Gasteiger partial charge in [0.1, 0.15) is 12.0 Å². The van der Waals surface area contributed by atoms with Crippen LogP contribution in [0.3, 0.4) is 0 Å². The van der Waals surface area contributed by atoms with Gasteiger partial charge in [-0.1, -0.05) is 31.9 Å². The first kappa shape index (κ1) is 11.0. The van der Waals surface area contributed by atoms with Crippen molar-refractivity contribution in [3.8, 4) is 0 Å². The van der Waals surface area contributed by atoms with Crippen molar-refractivity contribution in [3.05, 3.63) is 11.5 Å². The van der Waals surface area contributed by atoms with E-state index >= 15 is 0 Å². The fourth-order valence-corrected chi connectivity index (χ4v) is 1.06. The number of nitrogens with zero attached hydrogens (tertiary/aromatic N) is 2. The second kappa shape index (κ2) is 5.00. The van der Waals surface area contributed by atoms with Crippen LogP contribution in [0.1, 0.15) is 20.3 Å². The van der Waals surface area contributed by atoms with E-state index in [-0.39, 0.29) is 0 Å². The first-order valence-corrected chi connectivity index (χ1v) is 5.02. The molecule has 1 heterocycles. The molecule has 0 radical (unpaired) electrons. The summed E-state index contributed by atoms with van der Waals surface area (Å²) in [6.45, 7) is 5.14. The Kier molecular flexibility index (Phi) is 3.95. The number of nitrogens with two attached hydrogens (primary N) is 1. The minimum atomic E-state index is 0.298. The summed E-state index contributed by atoms with van der Waals surface area (Å²) in [6.07, 6.45) is 2.52. The molecule has 0 spiro atoms.